The van der Waals surface area contributed by atoms with Crippen molar-refractivity contribution in [3.8, 4) is 0 Å². The van der Waals surface area contributed by atoms with E-state index in [0.717, 1.165) is 6.42 Å². The number of aromatic amines is 1. The highest BCUT2D eigenvalue weighted by molar-refractivity contribution is 7.99. The van der Waals surface area contributed by atoms with E-state index < -0.39 is 5.56 Å². The molecule has 0 aromatic carbocycles. The van der Waals surface area contributed by atoms with E-state index in [0.29, 0.717) is 17.3 Å². The number of hydrogen-bond acceptors (Lipinski definition) is 7. The number of nitrogens with one attached hydrogen (secondary N) is 2. The molecule has 0 aliphatic carbocycles. The lowest BCUT2D eigenvalue weighted by molar-refractivity contribution is -0.118. The lowest BCUT2D eigenvalue weighted by atomic mass is 10.5. The fourth-order valence-electron chi connectivity index (χ4n) is 1.86. The van der Waals surface area contributed by atoms with Gasteiger partial charge in [0.05, 0.1) is 12.4 Å². The zero-order chi connectivity index (χ0) is 16.1. The number of carbonyl (C=O) groups excluding carboxylic acids is 1. The quantitative estimate of drug-likeness (QED) is 0.494. The summed E-state index contributed by atoms with van der Waals surface area (Å²) in [5.74, 6) is 0.0342. The van der Waals surface area contributed by atoms with Crippen molar-refractivity contribution < 1.29 is 9.90 Å². The highest BCUT2D eigenvalue weighted by Gasteiger charge is 2.16. The van der Waals surface area contributed by atoms with E-state index in [1.54, 1.807) is 4.57 Å². The molecule has 1 amide bonds. The number of aromatic nitrogens is 4. The number of fused-ring (bicyclic) bond motifs is 1. The first-order chi connectivity index (χ1) is 10.6. The number of imidazole rings is 1. The van der Waals surface area contributed by atoms with Gasteiger partial charge in [0.15, 0.2) is 16.3 Å². The summed E-state index contributed by atoms with van der Waals surface area (Å²) in [7, 11) is 0. The summed E-state index contributed by atoms with van der Waals surface area (Å²) in [6, 6.07) is 0. The highest BCUT2D eigenvalue weighted by Crippen LogP contribution is 2.21. The third-order valence-corrected chi connectivity index (χ3v) is 3.79. The summed E-state index contributed by atoms with van der Waals surface area (Å²) in [5, 5.41) is 12.4. The minimum absolute atomic E-state index is 0.0196. The molecule has 2 aromatic heterocycles. The number of thioether (sulfide) groups is 1. The second-order valence-corrected chi connectivity index (χ2v) is 5.47. The maximum Gasteiger partial charge on any atom is 0.280 e. The molecule has 2 heterocycles. The van der Waals surface area contributed by atoms with Gasteiger partial charge in [-0.1, -0.05) is 18.7 Å². The van der Waals surface area contributed by atoms with Crippen LogP contribution in [-0.4, -0.2) is 49.4 Å². The zero-order valence-corrected chi connectivity index (χ0v) is 12.9. The Labute approximate surface area is 130 Å². The average Bonchev–Trinajstić information content (AvgIpc) is 2.82. The molecule has 0 atom stereocenters. The highest BCUT2D eigenvalue weighted by atomic mass is 32.2. The van der Waals surface area contributed by atoms with Crippen LogP contribution in [0.2, 0.25) is 0 Å². The topological polar surface area (TPSA) is 139 Å². The van der Waals surface area contributed by atoms with Crippen molar-refractivity contribution in [2.45, 2.75) is 25.0 Å². The number of aliphatic hydroxyl groups excluding tert-OH is 1. The first-order valence-electron chi connectivity index (χ1n) is 6.83. The molecule has 2 aromatic rings. The number of carbonyl (C=O) groups is 1. The molecule has 5 N–H and O–H groups in total. The van der Waals surface area contributed by atoms with E-state index in [4.69, 9.17) is 5.73 Å². The van der Waals surface area contributed by atoms with Crippen LogP contribution in [0.3, 0.4) is 0 Å². The Kier molecular flexibility index (Phi) is 5.39. The molecular weight excluding hydrogens is 308 g/mol. The number of rotatable bonds is 7. The van der Waals surface area contributed by atoms with Gasteiger partial charge in [-0.2, -0.15) is 4.98 Å². The number of aliphatic hydroxyl groups is 1. The van der Waals surface area contributed by atoms with Crippen molar-refractivity contribution in [2.24, 2.45) is 0 Å². The zero-order valence-electron chi connectivity index (χ0n) is 12.1. The van der Waals surface area contributed by atoms with Gasteiger partial charge in [0.1, 0.15) is 0 Å². The number of nitrogen functional groups attached to an aromatic ring is 1. The van der Waals surface area contributed by atoms with E-state index >= 15 is 0 Å². The molecule has 10 heteroatoms. The van der Waals surface area contributed by atoms with Crippen LogP contribution >= 0.6 is 11.8 Å². The predicted octanol–water partition coefficient (Wildman–Crippen LogP) is -0.688. The minimum Gasteiger partial charge on any atom is -0.395 e. The molecule has 2 rings (SSSR count). The number of nitrogens with two attached hydrogens (primary N) is 1. The van der Waals surface area contributed by atoms with Gasteiger partial charge in [0, 0.05) is 13.1 Å². The van der Waals surface area contributed by atoms with Gasteiger partial charge < -0.3 is 20.7 Å². The molecule has 0 aliphatic heterocycles. The van der Waals surface area contributed by atoms with E-state index in [1.807, 2.05) is 6.92 Å². The number of nitrogens with zero attached hydrogens (tertiary/aromatic N) is 3. The Morgan fingerprint density at radius 2 is 2.27 bits per heavy atom. The average molecular weight is 326 g/mol. The number of hydrogen-bond donors (Lipinski definition) is 4. The largest absolute Gasteiger partial charge is 0.395 e. The van der Waals surface area contributed by atoms with Crippen LogP contribution in [-0.2, 0) is 11.3 Å². The molecule has 0 saturated heterocycles. The molecule has 22 heavy (non-hydrogen) atoms. The molecule has 9 nitrogen and oxygen atoms in total. The third kappa shape index (κ3) is 3.57. The fourth-order valence-corrected chi connectivity index (χ4v) is 2.72. The van der Waals surface area contributed by atoms with Crippen molar-refractivity contribution in [3.63, 3.8) is 0 Å². The van der Waals surface area contributed by atoms with Crippen LogP contribution < -0.4 is 16.6 Å². The van der Waals surface area contributed by atoms with Crippen LogP contribution in [0, 0.1) is 0 Å². The second kappa shape index (κ2) is 7.27. The summed E-state index contributed by atoms with van der Waals surface area (Å²) >= 11 is 1.18. The Bertz CT molecular complexity index is 725. The second-order valence-electron chi connectivity index (χ2n) is 4.53. The number of amides is 1. The Morgan fingerprint density at radius 3 is 2.95 bits per heavy atom. The Morgan fingerprint density at radius 1 is 1.50 bits per heavy atom. The van der Waals surface area contributed by atoms with Crippen molar-refractivity contribution in [1.82, 2.24) is 24.8 Å². The first-order valence-corrected chi connectivity index (χ1v) is 7.81. The SMILES string of the molecule is CCCNC(=O)CSc1nc2c(=O)[nH]c(N)nc2n1CCO. The van der Waals surface area contributed by atoms with Crippen molar-refractivity contribution in [2.75, 3.05) is 24.6 Å². The van der Waals surface area contributed by atoms with Crippen LogP contribution in [0.5, 0.6) is 0 Å². The van der Waals surface area contributed by atoms with Gasteiger partial charge in [-0.15, -0.1) is 0 Å². The molecular formula is C12H18N6O3S. The van der Waals surface area contributed by atoms with Crippen LogP contribution in [0.15, 0.2) is 9.95 Å². The predicted molar refractivity (Wildman–Crippen MR) is 83.7 cm³/mol. The van der Waals surface area contributed by atoms with E-state index in [-0.39, 0.29) is 36.3 Å². The van der Waals surface area contributed by atoms with Crippen LogP contribution in [0.25, 0.3) is 11.2 Å². The monoisotopic (exact) mass is 326 g/mol. The summed E-state index contributed by atoms with van der Waals surface area (Å²) in [6.45, 7) is 2.65. The number of H-pyrrole nitrogens is 1. The van der Waals surface area contributed by atoms with Gasteiger partial charge >= 0.3 is 0 Å². The molecule has 0 spiro atoms. The molecule has 120 valence electrons. The van der Waals surface area contributed by atoms with Gasteiger partial charge in [-0.25, -0.2) is 4.98 Å². The van der Waals surface area contributed by atoms with E-state index in [1.165, 1.54) is 11.8 Å². The third-order valence-electron chi connectivity index (χ3n) is 2.82. The standard InChI is InChI=1S/C12H18N6O3S/c1-2-3-14-7(20)6-22-12-15-8-9(18(12)4-5-19)16-11(13)17-10(8)21/h19H,2-6H2,1H3,(H,14,20)(H3,13,16,17,21). The summed E-state index contributed by atoms with van der Waals surface area (Å²) in [5.41, 5.74) is 5.52. The normalized spacial score (nSPS) is 11.0. The summed E-state index contributed by atoms with van der Waals surface area (Å²) in [4.78, 5) is 34.1. The first kappa shape index (κ1) is 16.3. The fraction of sp³-hybridized carbons (Fsp3) is 0.500. The Hall–Kier alpha value is -2.07. The maximum absolute atomic E-state index is 11.8. The van der Waals surface area contributed by atoms with Crippen LogP contribution in [0.1, 0.15) is 13.3 Å². The molecule has 0 aliphatic rings. The summed E-state index contributed by atoms with van der Waals surface area (Å²) in [6.07, 6.45) is 0.859. The van der Waals surface area contributed by atoms with Crippen molar-refractivity contribution >= 4 is 34.8 Å². The van der Waals surface area contributed by atoms with E-state index in [9.17, 15) is 14.7 Å². The van der Waals surface area contributed by atoms with Gasteiger partial charge in [-0.3, -0.25) is 14.6 Å². The maximum atomic E-state index is 11.8. The lowest BCUT2D eigenvalue weighted by Crippen LogP contribution is -2.25. The molecule has 0 bridgehead atoms. The lowest BCUT2D eigenvalue weighted by Gasteiger charge is -2.06. The summed E-state index contributed by atoms with van der Waals surface area (Å²) < 4.78 is 1.58. The smallest absolute Gasteiger partial charge is 0.280 e. The Balaban J connectivity index is 2.28. The molecule has 0 unspecified atom stereocenters. The van der Waals surface area contributed by atoms with Gasteiger partial charge in [-0.05, 0) is 6.42 Å². The van der Waals surface area contributed by atoms with Gasteiger partial charge in [0.25, 0.3) is 5.56 Å². The van der Waals surface area contributed by atoms with Gasteiger partial charge in [0.2, 0.25) is 11.9 Å². The molecule has 0 fully saturated rings. The minimum atomic E-state index is -0.448. The molecule has 0 radical (unpaired) electrons. The number of anilines is 1. The van der Waals surface area contributed by atoms with E-state index in [2.05, 4.69) is 20.3 Å². The van der Waals surface area contributed by atoms with Crippen molar-refractivity contribution in [3.05, 3.63) is 10.4 Å². The molecule has 0 saturated carbocycles. The van der Waals surface area contributed by atoms with Crippen LogP contribution in [0.4, 0.5) is 5.95 Å². The van der Waals surface area contributed by atoms with Crippen molar-refractivity contribution in [1.29, 1.82) is 0 Å².